The molecule has 0 fully saturated rings. The summed E-state index contributed by atoms with van der Waals surface area (Å²) in [6, 6.07) is 6.56. The van der Waals surface area contributed by atoms with Crippen molar-refractivity contribution in [1.29, 1.82) is 0 Å². The highest BCUT2D eigenvalue weighted by Crippen LogP contribution is 2.28. The second-order valence-corrected chi connectivity index (χ2v) is 5.51. The van der Waals surface area contributed by atoms with Crippen molar-refractivity contribution in [2.45, 2.75) is 13.5 Å². The molecule has 0 spiro atoms. The quantitative estimate of drug-likeness (QED) is 0.678. The minimum Gasteiger partial charge on any atom is -0.382 e. The van der Waals surface area contributed by atoms with E-state index in [0.29, 0.717) is 16.8 Å². The Morgan fingerprint density at radius 2 is 2.14 bits per heavy atom. The molecular formula is C14H14BrN3O3. The highest BCUT2D eigenvalue weighted by molar-refractivity contribution is 9.10. The van der Waals surface area contributed by atoms with Crippen molar-refractivity contribution in [2.75, 3.05) is 12.4 Å². The molecule has 0 radical (unpaired) electrons. The number of hydrogen-bond acceptors (Lipinski definition) is 4. The molecule has 1 N–H and O–H groups in total. The topological polar surface area (TPSA) is 77.2 Å². The molecule has 0 saturated heterocycles. The number of rotatable bonds is 4. The number of halogens is 1. The molecule has 1 aromatic heterocycles. The van der Waals surface area contributed by atoms with Gasteiger partial charge in [0.05, 0.1) is 11.5 Å². The highest BCUT2D eigenvalue weighted by atomic mass is 79.9. The first kappa shape index (κ1) is 15.2. The van der Waals surface area contributed by atoms with Crippen molar-refractivity contribution in [2.24, 2.45) is 0 Å². The number of aromatic nitrogens is 1. The smallest absolute Gasteiger partial charge is 0.292 e. The van der Waals surface area contributed by atoms with E-state index in [9.17, 15) is 14.9 Å². The van der Waals surface area contributed by atoms with Crippen LogP contribution in [-0.4, -0.2) is 16.5 Å². The lowest BCUT2D eigenvalue weighted by atomic mass is 10.1. The van der Waals surface area contributed by atoms with Gasteiger partial charge in [0, 0.05) is 34.9 Å². The molecular weight excluding hydrogens is 338 g/mol. The number of benzene rings is 1. The van der Waals surface area contributed by atoms with Gasteiger partial charge in [-0.25, -0.2) is 0 Å². The molecule has 21 heavy (non-hydrogen) atoms. The van der Waals surface area contributed by atoms with Crippen molar-refractivity contribution in [3.8, 4) is 0 Å². The lowest BCUT2D eigenvalue weighted by Gasteiger charge is -2.12. The average Bonchev–Trinajstić information content (AvgIpc) is 2.43. The SMILES string of the molecule is CNc1c(Cn2cc(Br)cc(C)c2=O)cccc1[N+](=O)[O-]. The van der Waals surface area contributed by atoms with Gasteiger partial charge in [0.15, 0.2) is 0 Å². The molecule has 6 nitrogen and oxygen atoms in total. The summed E-state index contributed by atoms with van der Waals surface area (Å²) < 4.78 is 2.32. The maximum absolute atomic E-state index is 12.1. The Labute approximate surface area is 129 Å². The summed E-state index contributed by atoms with van der Waals surface area (Å²) in [5, 5.41) is 13.9. The molecule has 2 rings (SSSR count). The van der Waals surface area contributed by atoms with E-state index in [1.165, 1.54) is 10.6 Å². The lowest BCUT2D eigenvalue weighted by molar-refractivity contribution is -0.384. The summed E-state index contributed by atoms with van der Waals surface area (Å²) in [5.74, 6) is 0. The maximum Gasteiger partial charge on any atom is 0.292 e. The molecule has 0 aliphatic heterocycles. The van der Waals surface area contributed by atoms with Crippen LogP contribution in [0.5, 0.6) is 0 Å². The number of nitro benzene ring substituents is 1. The van der Waals surface area contributed by atoms with Gasteiger partial charge in [-0.15, -0.1) is 0 Å². The molecule has 1 heterocycles. The van der Waals surface area contributed by atoms with E-state index in [-0.39, 0.29) is 17.8 Å². The third kappa shape index (κ3) is 3.13. The molecule has 0 saturated carbocycles. The number of hydrogen-bond donors (Lipinski definition) is 1. The van der Waals surface area contributed by atoms with Crippen molar-refractivity contribution in [3.63, 3.8) is 0 Å². The van der Waals surface area contributed by atoms with Crippen LogP contribution in [0.2, 0.25) is 0 Å². The maximum atomic E-state index is 12.1. The number of aryl methyl sites for hydroxylation is 1. The molecule has 1 aromatic carbocycles. The van der Waals surface area contributed by atoms with E-state index < -0.39 is 4.92 Å². The van der Waals surface area contributed by atoms with Gasteiger partial charge in [-0.1, -0.05) is 12.1 Å². The van der Waals surface area contributed by atoms with Crippen LogP contribution in [0.3, 0.4) is 0 Å². The number of nitro groups is 1. The molecule has 0 unspecified atom stereocenters. The third-order valence-electron chi connectivity index (χ3n) is 3.15. The molecule has 0 atom stereocenters. The van der Waals surface area contributed by atoms with Gasteiger partial charge in [0.25, 0.3) is 11.2 Å². The Balaban J connectivity index is 2.52. The fraction of sp³-hybridized carbons (Fsp3) is 0.214. The summed E-state index contributed by atoms with van der Waals surface area (Å²) in [4.78, 5) is 22.7. The molecule has 0 aliphatic carbocycles. The van der Waals surface area contributed by atoms with Crippen LogP contribution in [0, 0.1) is 17.0 Å². The zero-order valence-electron chi connectivity index (χ0n) is 11.6. The molecule has 0 bridgehead atoms. The van der Waals surface area contributed by atoms with Gasteiger partial charge in [-0.3, -0.25) is 14.9 Å². The molecule has 7 heteroatoms. The number of para-hydroxylation sites is 1. The second-order valence-electron chi connectivity index (χ2n) is 4.59. The van der Waals surface area contributed by atoms with E-state index >= 15 is 0 Å². The highest BCUT2D eigenvalue weighted by Gasteiger charge is 2.16. The van der Waals surface area contributed by atoms with Crippen LogP contribution in [0.25, 0.3) is 0 Å². The third-order valence-corrected chi connectivity index (χ3v) is 3.58. The van der Waals surface area contributed by atoms with E-state index in [2.05, 4.69) is 21.2 Å². The molecule has 110 valence electrons. The number of pyridine rings is 1. The second kappa shape index (κ2) is 6.09. The first-order chi connectivity index (χ1) is 9.93. The van der Waals surface area contributed by atoms with E-state index in [1.807, 2.05) is 0 Å². The van der Waals surface area contributed by atoms with Gasteiger partial charge >= 0.3 is 0 Å². The fourth-order valence-electron chi connectivity index (χ4n) is 2.20. The molecule has 0 aliphatic rings. The number of nitrogens with one attached hydrogen (secondary N) is 1. The van der Waals surface area contributed by atoms with Crippen LogP contribution >= 0.6 is 15.9 Å². The number of nitrogens with zero attached hydrogens (tertiary/aromatic N) is 2. The summed E-state index contributed by atoms with van der Waals surface area (Å²) in [5.41, 5.74) is 1.60. The largest absolute Gasteiger partial charge is 0.382 e. The van der Waals surface area contributed by atoms with Crippen molar-refractivity contribution in [3.05, 3.63) is 66.5 Å². The summed E-state index contributed by atoms with van der Waals surface area (Å²) in [6.45, 7) is 1.99. The van der Waals surface area contributed by atoms with E-state index in [0.717, 1.165) is 4.47 Å². The monoisotopic (exact) mass is 351 g/mol. The van der Waals surface area contributed by atoms with Crippen LogP contribution in [0.1, 0.15) is 11.1 Å². The Bertz CT molecular complexity index is 756. The van der Waals surface area contributed by atoms with Gasteiger partial charge in [-0.2, -0.15) is 0 Å². The normalized spacial score (nSPS) is 10.4. The van der Waals surface area contributed by atoms with Crippen LogP contribution < -0.4 is 10.9 Å². The minimum absolute atomic E-state index is 0.00484. The van der Waals surface area contributed by atoms with Crippen LogP contribution in [0.4, 0.5) is 11.4 Å². The first-order valence-electron chi connectivity index (χ1n) is 6.24. The standard InChI is InChI=1S/C14H14BrN3O3/c1-9-6-11(15)8-17(14(9)19)7-10-4-3-5-12(18(20)21)13(10)16-2/h3-6,8,16H,7H2,1-2H3. The summed E-state index contributed by atoms with van der Waals surface area (Å²) in [6.07, 6.45) is 1.67. The zero-order chi connectivity index (χ0) is 15.6. The Morgan fingerprint density at radius 3 is 2.76 bits per heavy atom. The fourth-order valence-corrected chi connectivity index (χ4v) is 2.79. The van der Waals surface area contributed by atoms with Crippen molar-refractivity contribution < 1.29 is 4.92 Å². The van der Waals surface area contributed by atoms with Gasteiger partial charge < -0.3 is 9.88 Å². The van der Waals surface area contributed by atoms with Gasteiger partial charge in [-0.05, 0) is 28.9 Å². The summed E-state index contributed by atoms with van der Waals surface area (Å²) >= 11 is 3.35. The van der Waals surface area contributed by atoms with Gasteiger partial charge in [0.1, 0.15) is 5.69 Å². The summed E-state index contributed by atoms with van der Waals surface area (Å²) in [7, 11) is 1.63. The predicted molar refractivity (Wildman–Crippen MR) is 84.9 cm³/mol. The van der Waals surface area contributed by atoms with Crippen molar-refractivity contribution >= 4 is 27.3 Å². The van der Waals surface area contributed by atoms with E-state index in [1.54, 1.807) is 38.4 Å². The lowest BCUT2D eigenvalue weighted by Crippen LogP contribution is -2.22. The van der Waals surface area contributed by atoms with Crippen LogP contribution in [0.15, 0.2) is 39.7 Å². The predicted octanol–water partition coefficient (Wildman–Crippen LogP) is 2.92. The Kier molecular flexibility index (Phi) is 4.42. The molecule has 0 amide bonds. The number of anilines is 1. The Morgan fingerprint density at radius 1 is 1.43 bits per heavy atom. The van der Waals surface area contributed by atoms with Gasteiger partial charge in [0.2, 0.25) is 0 Å². The molecule has 2 aromatic rings. The van der Waals surface area contributed by atoms with Crippen molar-refractivity contribution in [1.82, 2.24) is 4.57 Å². The average molecular weight is 352 g/mol. The zero-order valence-corrected chi connectivity index (χ0v) is 13.2. The van der Waals surface area contributed by atoms with Crippen LogP contribution in [-0.2, 0) is 6.54 Å². The Hall–Kier alpha value is -2.15. The first-order valence-corrected chi connectivity index (χ1v) is 7.04. The van der Waals surface area contributed by atoms with E-state index in [4.69, 9.17) is 0 Å². The minimum atomic E-state index is -0.440.